The molecule has 11 heteroatoms. The highest BCUT2D eigenvalue weighted by molar-refractivity contribution is 7.92. The molecule has 0 atom stereocenters. The van der Waals surface area contributed by atoms with E-state index in [1.54, 1.807) is 36.4 Å². The standard InChI is InChI=1S/C23H23N3O6S2/c1-17(27)18-7-6-10-21(15-18)26(33(2,29)30)16-23(28)24-19-11-13-22(14-12-19)34(31,32)25-20-8-4-3-5-9-20/h3-15,25H,16H2,1-2H3,(H,24,28). The summed E-state index contributed by atoms with van der Waals surface area (Å²) in [5, 5.41) is 2.55. The first-order chi connectivity index (χ1) is 16.0. The molecule has 3 aromatic carbocycles. The summed E-state index contributed by atoms with van der Waals surface area (Å²) in [5.41, 5.74) is 1.19. The molecule has 1 amide bonds. The number of nitrogens with one attached hydrogen (secondary N) is 2. The summed E-state index contributed by atoms with van der Waals surface area (Å²) < 4.78 is 53.0. The van der Waals surface area contributed by atoms with E-state index in [-0.39, 0.29) is 22.1 Å². The number of para-hydroxylation sites is 1. The van der Waals surface area contributed by atoms with E-state index in [1.165, 1.54) is 49.4 Å². The number of rotatable bonds is 9. The highest BCUT2D eigenvalue weighted by Crippen LogP contribution is 2.21. The van der Waals surface area contributed by atoms with E-state index < -0.39 is 32.5 Å². The summed E-state index contributed by atoms with van der Waals surface area (Å²) in [5.74, 6) is -0.881. The van der Waals surface area contributed by atoms with Crippen molar-refractivity contribution in [1.82, 2.24) is 0 Å². The summed E-state index contributed by atoms with van der Waals surface area (Å²) >= 11 is 0. The van der Waals surface area contributed by atoms with Gasteiger partial charge < -0.3 is 5.32 Å². The number of ketones is 1. The van der Waals surface area contributed by atoms with Crippen molar-refractivity contribution >= 4 is 48.8 Å². The predicted octanol–water partition coefficient (Wildman–Crippen LogP) is 3.09. The van der Waals surface area contributed by atoms with Gasteiger partial charge in [0.15, 0.2) is 5.78 Å². The van der Waals surface area contributed by atoms with E-state index in [4.69, 9.17) is 0 Å². The van der Waals surface area contributed by atoms with E-state index >= 15 is 0 Å². The third-order valence-corrected chi connectivity index (χ3v) is 7.24. The third-order valence-electron chi connectivity index (χ3n) is 4.70. The van der Waals surface area contributed by atoms with Crippen LogP contribution in [-0.2, 0) is 24.8 Å². The lowest BCUT2D eigenvalue weighted by Gasteiger charge is -2.22. The van der Waals surface area contributed by atoms with Crippen LogP contribution >= 0.6 is 0 Å². The first-order valence-electron chi connectivity index (χ1n) is 10.0. The van der Waals surface area contributed by atoms with Gasteiger partial charge in [0.2, 0.25) is 15.9 Å². The summed E-state index contributed by atoms with van der Waals surface area (Å²) in [6.45, 7) is 0.825. The van der Waals surface area contributed by atoms with Gasteiger partial charge in [-0.25, -0.2) is 16.8 Å². The number of carbonyl (C=O) groups excluding carboxylic acids is 2. The largest absolute Gasteiger partial charge is 0.325 e. The van der Waals surface area contributed by atoms with Crippen molar-refractivity contribution in [3.63, 3.8) is 0 Å². The quantitative estimate of drug-likeness (QED) is 0.434. The molecule has 0 bridgehead atoms. The van der Waals surface area contributed by atoms with Crippen LogP contribution in [0.2, 0.25) is 0 Å². The fourth-order valence-electron chi connectivity index (χ4n) is 3.05. The van der Waals surface area contributed by atoms with Crippen LogP contribution in [0.25, 0.3) is 0 Å². The number of anilines is 3. The van der Waals surface area contributed by atoms with Gasteiger partial charge >= 0.3 is 0 Å². The SMILES string of the molecule is CC(=O)c1cccc(N(CC(=O)Nc2ccc(S(=O)(=O)Nc3ccccc3)cc2)S(C)(=O)=O)c1. The molecular weight excluding hydrogens is 478 g/mol. The lowest BCUT2D eigenvalue weighted by molar-refractivity contribution is -0.114. The number of Topliss-reactive ketones (excluding diaryl/α,β-unsaturated/α-hetero) is 1. The Kier molecular flexibility index (Phi) is 7.38. The Labute approximate surface area is 198 Å². The smallest absolute Gasteiger partial charge is 0.261 e. The average molecular weight is 502 g/mol. The summed E-state index contributed by atoms with van der Waals surface area (Å²) in [7, 11) is -7.65. The van der Waals surface area contributed by atoms with Gasteiger partial charge in [-0.1, -0.05) is 30.3 Å². The Hall–Kier alpha value is -3.70. The Morgan fingerprint density at radius 3 is 2.06 bits per heavy atom. The highest BCUT2D eigenvalue weighted by atomic mass is 32.2. The molecule has 9 nitrogen and oxygen atoms in total. The molecule has 0 heterocycles. The Morgan fingerprint density at radius 1 is 0.824 bits per heavy atom. The molecule has 34 heavy (non-hydrogen) atoms. The minimum atomic E-state index is -3.83. The van der Waals surface area contributed by atoms with Crippen LogP contribution in [0.4, 0.5) is 17.1 Å². The maximum atomic E-state index is 12.6. The van der Waals surface area contributed by atoms with Gasteiger partial charge in [-0.2, -0.15) is 0 Å². The van der Waals surface area contributed by atoms with Crippen LogP contribution in [0.15, 0.2) is 83.8 Å². The molecule has 2 N–H and O–H groups in total. The van der Waals surface area contributed by atoms with Crippen LogP contribution in [-0.4, -0.2) is 41.3 Å². The number of hydrogen-bond acceptors (Lipinski definition) is 6. The first-order valence-corrected chi connectivity index (χ1v) is 13.4. The molecule has 0 aromatic heterocycles. The summed E-state index contributed by atoms with van der Waals surface area (Å²) in [6.07, 6.45) is 0.958. The Morgan fingerprint density at radius 2 is 1.47 bits per heavy atom. The van der Waals surface area contributed by atoms with Crippen molar-refractivity contribution in [3.05, 3.63) is 84.4 Å². The molecule has 0 aliphatic carbocycles. The number of benzene rings is 3. The molecular formula is C23H23N3O6S2. The Bertz CT molecular complexity index is 1400. The summed E-state index contributed by atoms with van der Waals surface area (Å²) in [6, 6.07) is 19.8. The molecule has 0 aliphatic heterocycles. The van der Waals surface area contributed by atoms with Crippen molar-refractivity contribution < 1.29 is 26.4 Å². The van der Waals surface area contributed by atoms with Crippen LogP contribution in [0.5, 0.6) is 0 Å². The maximum absolute atomic E-state index is 12.6. The van der Waals surface area contributed by atoms with Crippen molar-refractivity contribution in [1.29, 1.82) is 0 Å². The van der Waals surface area contributed by atoms with Crippen LogP contribution in [0.1, 0.15) is 17.3 Å². The summed E-state index contributed by atoms with van der Waals surface area (Å²) in [4.78, 5) is 24.2. The van der Waals surface area contributed by atoms with E-state index in [0.717, 1.165) is 10.6 Å². The number of sulfonamides is 2. The molecule has 3 rings (SSSR count). The van der Waals surface area contributed by atoms with Crippen molar-refractivity contribution in [2.45, 2.75) is 11.8 Å². The molecule has 178 valence electrons. The van der Waals surface area contributed by atoms with Crippen LogP contribution in [0, 0.1) is 0 Å². The van der Waals surface area contributed by atoms with Crippen LogP contribution in [0.3, 0.4) is 0 Å². The van der Waals surface area contributed by atoms with Crippen molar-refractivity contribution in [2.75, 3.05) is 27.1 Å². The molecule has 3 aromatic rings. The van der Waals surface area contributed by atoms with Crippen LogP contribution < -0.4 is 14.3 Å². The second kappa shape index (κ2) is 10.1. The minimum absolute atomic E-state index is 0.00633. The number of hydrogen-bond donors (Lipinski definition) is 2. The third kappa shape index (κ3) is 6.42. The topological polar surface area (TPSA) is 130 Å². The second-order valence-corrected chi connectivity index (χ2v) is 11.0. The monoisotopic (exact) mass is 501 g/mol. The van der Waals surface area contributed by atoms with Gasteiger partial charge in [-0.15, -0.1) is 0 Å². The lowest BCUT2D eigenvalue weighted by Crippen LogP contribution is -2.37. The molecule has 0 radical (unpaired) electrons. The predicted molar refractivity (Wildman–Crippen MR) is 131 cm³/mol. The van der Waals surface area contributed by atoms with Gasteiger partial charge in [-0.3, -0.25) is 18.6 Å². The lowest BCUT2D eigenvalue weighted by atomic mass is 10.1. The zero-order valence-electron chi connectivity index (χ0n) is 18.4. The molecule has 0 unspecified atom stereocenters. The zero-order valence-corrected chi connectivity index (χ0v) is 20.1. The molecule has 0 fully saturated rings. The average Bonchev–Trinajstić information content (AvgIpc) is 2.77. The Balaban J connectivity index is 1.73. The van der Waals surface area contributed by atoms with Crippen molar-refractivity contribution in [2.24, 2.45) is 0 Å². The number of amides is 1. The number of nitrogens with zero attached hydrogens (tertiary/aromatic N) is 1. The molecule has 0 saturated carbocycles. The van der Waals surface area contributed by atoms with Gasteiger partial charge in [-0.05, 0) is 55.5 Å². The van der Waals surface area contributed by atoms with Gasteiger partial charge in [0.05, 0.1) is 16.8 Å². The minimum Gasteiger partial charge on any atom is -0.325 e. The highest BCUT2D eigenvalue weighted by Gasteiger charge is 2.22. The van der Waals surface area contributed by atoms with Gasteiger partial charge in [0, 0.05) is 16.9 Å². The van der Waals surface area contributed by atoms with E-state index in [0.29, 0.717) is 11.3 Å². The number of carbonyl (C=O) groups is 2. The fourth-order valence-corrected chi connectivity index (χ4v) is 4.96. The molecule has 0 saturated heterocycles. The first kappa shape index (κ1) is 24.9. The molecule has 0 aliphatic rings. The van der Waals surface area contributed by atoms with E-state index in [2.05, 4.69) is 10.0 Å². The zero-order chi connectivity index (χ0) is 24.9. The van der Waals surface area contributed by atoms with E-state index in [1.807, 2.05) is 0 Å². The maximum Gasteiger partial charge on any atom is 0.261 e. The second-order valence-electron chi connectivity index (χ2n) is 7.42. The van der Waals surface area contributed by atoms with Gasteiger partial charge in [0.1, 0.15) is 6.54 Å². The normalized spacial score (nSPS) is 11.5. The van der Waals surface area contributed by atoms with Crippen molar-refractivity contribution in [3.8, 4) is 0 Å². The van der Waals surface area contributed by atoms with E-state index in [9.17, 15) is 26.4 Å². The fraction of sp³-hybridized carbons (Fsp3) is 0.130. The van der Waals surface area contributed by atoms with Gasteiger partial charge in [0.25, 0.3) is 10.0 Å². The molecule has 0 spiro atoms.